The van der Waals surface area contributed by atoms with Crippen LogP contribution in [0.5, 0.6) is 0 Å². The Morgan fingerprint density at radius 3 is 2.27 bits per heavy atom. The lowest BCUT2D eigenvalue weighted by molar-refractivity contribution is -0.137. The molecular formula is C34H43N5O5Si. The van der Waals surface area contributed by atoms with Crippen molar-refractivity contribution >= 4 is 65.4 Å². The molecule has 0 saturated carbocycles. The smallest absolute Gasteiger partial charge is 0.434 e. The Morgan fingerprint density at radius 1 is 0.956 bits per heavy atom. The molecule has 2 aromatic rings. The van der Waals surface area contributed by atoms with E-state index in [1.54, 1.807) is 0 Å². The zero-order chi connectivity index (χ0) is 32.9. The van der Waals surface area contributed by atoms with Gasteiger partial charge in [0.1, 0.15) is 8.07 Å². The van der Waals surface area contributed by atoms with Crippen molar-refractivity contribution in [3.8, 4) is 0 Å². The van der Waals surface area contributed by atoms with Crippen LogP contribution < -0.4 is 25.5 Å². The number of carbonyl (C=O) groups excluding carboxylic acids is 4. The SMILES string of the molecule is C=Cc1cc(N(C)C)cc2c1/C(=N/C(=O)OCCCCCC(=O)NCCN1C(=O)C=CC1=O)c1ccc(N(C)C)cc1[Si]2(C)C. The number of aliphatic imine (C=N–C) groups is 1. The molecule has 0 aliphatic carbocycles. The fourth-order valence-electron chi connectivity index (χ4n) is 5.65. The number of fused-ring (bicyclic) bond motifs is 2. The number of anilines is 2. The molecule has 0 aromatic heterocycles. The molecule has 11 heteroatoms. The fraction of sp³-hybridized carbons (Fsp3) is 0.382. The normalized spacial score (nSPS) is 15.5. The van der Waals surface area contributed by atoms with Gasteiger partial charge < -0.3 is 19.9 Å². The molecule has 0 bridgehead atoms. The molecule has 45 heavy (non-hydrogen) atoms. The first-order valence-electron chi connectivity index (χ1n) is 15.2. The first-order valence-corrected chi connectivity index (χ1v) is 18.2. The zero-order valence-electron chi connectivity index (χ0n) is 27.1. The lowest BCUT2D eigenvalue weighted by atomic mass is 9.95. The maximum Gasteiger partial charge on any atom is 0.434 e. The van der Waals surface area contributed by atoms with Gasteiger partial charge in [-0.1, -0.05) is 31.8 Å². The van der Waals surface area contributed by atoms with Crippen molar-refractivity contribution in [1.29, 1.82) is 0 Å². The van der Waals surface area contributed by atoms with E-state index >= 15 is 0 Å². The van der Waals surface area contributed by atoms with Crippen LogP contribution in [0.25, 0.3) is 6.08 Å². The third kappa shape index (κ3) is 7.42. The second kappa shape index (κ2) is 14.1. The molecule has 4 rings (SSSR count). The maximum absolute atomic E-state index is 13.1. The number of imide groups is 1. The average molecular weight is 630 g/mol. The molecule has 0 saturated heterocycles. The van der Waals surface area contributed by atoms with E-state index in [9.17, 15) is 19.2 Å². The summed E-state index contributed by atoms with van der Waals surface area (Å²) in [5, 5.41) is 5.15. The Bertz CT molecular complexity index is 1560. The molecule has 0 unspecified atom stereocenters. The number of benzene rings is 2. The van der Waals surface area contributed by atoms with Gasteiger partial charge in [0.25, 0.3) is 11.8 Å². The number of unbranched alkanes of at least 4 members (excludes halogenated alkanes) is 2. The third-order valence-electron chi connectivity index (χ3n) is 8.28. The van der Waals surface area contributed by atoms with Crippen LogP contribution in [0.15, 0.2) is 54.1 Å². The highest BCUT2D eigenvalue weighted by Gasteiger charge is 2.39. The lowest BCUT2D eigenvalue weighted by Crippen LogP contribution is -2.60. The molecule has 1 N–H and O–H groups in total. The quantitative estimate of drug-likeness (QED) is 0.218. The molecule has 0 atom stereocenters. The van der Waals surface area contributed by atoms with Crippen molar-refractivity contribution in [3.63, 3.8) is 0 Å². The second-order valence-electron chi connectivity index (χ2n) is 12.2. The lowest BCUT2D eigenvalue weighted by Gasteiger charge is -2.36. The minimum absolute atomic E-state index is 0.144. The van der Waals surface area contributed by atoms with Crippen LogP contribution in [0.3, 0.4) is 0 Å². The van der Waals surface area contributed by atoms with Gasteiger partial charge in [0.05, 0.1) is 12.3 Å². The summed E-state index contributed by atoms with van der Waals surface area (Å²) < 4.78 is 5.54. The topological polar surface area (TPSA) is 112 Å². The van der Waals surface area contributed by atoms with Crippen molar-refractivity contribution in [2.75, 3.05) is 57.7 Å². The number of nitrogens with zero attached hydrogens (tertiary/aromatic N) is 4. The molecule has 4 amide bonds. The summed E-state index contributed by atoms with van der Waals surface area (Å²) in [5.74, 6) is -0.886. The highest BCUT2D eigenvalue weighted by atomic mass is 28.3. The summed E-state index contributed by atoms with van der Waals surface area (Å²) in [6.45, 7) is 9.29. The molecule has 2 aromatic carbocycles. The predicted octanol–water partition coefficient (Wildman–Crippen LogP) is 3.17. The number of amides is 4. The van der Waals surface area contributed by atoms with Crippen molar-refractivity contribution in [3.05, 3.63) is 65.8 Å². The van der Waals surface area contributed by atoms with Crippen molar-refractivity contribution in [2.24, 2.45) is 4.99 Å². The monoisotopic (exact) mass is 629 g/mol. The van der Waals surface area contributed by atoms with Crippen molar-refractivity contribution in [1.82, 2.24) is 10.2 Å². The standard InChI is InChI=1S/C34H43N5O5Si/c1-8-23-20-25(38(4)5)22-28-32(23)33(26-14-13-24(37(2)3)21-27(26)45(28,6)7)36-34(43)44-19-11-9-10-12-29(40)35-17-18-39-30(41)15-16-31(39)42/h8,13-16,20-22H,1,9-12,17-19H2,2-7H3,(H,35,40)/b36-33+. The van der Waals surface area contributed by atoms with Gasteiger partial charge in [-0.15, -0.1) is 0 Å². The predicted molar refractivity (Wildman–Crippen MR) is 183 cm³/mol. The highest BCUT2D eigenvalue weighted by molar-refractivity contribution is 7.02. The van der Waals surface area contributed by atoms with Gasteiger partial charge in [0.2, 0.25) is 5.91 Å². The van der Waals surface area contributed by atoms with E-state index in [2.05, 4.69) is 70.1 Å². The van der Waals surface area contributed by atoms with E-state index in [1.807, 2.05) is 34.3 Å². The molecule has 0 radical (unpaired) electrons. The molecule has 0 fully saturated rings. The van der Waals surface area contributed by atoms with Gasteiger partial charge in [0, 0.05) is 82.4 Å². The van der Waals surface area contributed by atoms with Crippen molar-refractivity contribution in [2.45, 2.75) is 38.8 Å². The summed E-state index contributed by atoms with van der Waals surface area (Å²) in [6.07, 6.45) is 5.83. The number of hydrogen-bond donors (Lipinski definition) is 1. The van der Waals surface area contributed by atoms with E-state index < -0.39 is 14.2 Å². The molecule has 2 heterocycles. The Morgan fingerprint density at radius 2 is 1.62 bits per heavy atom. The fourth-order valence-corrected chi connectivity index (χ4v) is 8.72. The van der Waals surface area contributed by atoms with E-state index in [4.69, 9.17) is 4.74 Å². The number of nitrogens with one attached hydrogen (secondary N) is 1. The summed E-state index contributed by atoms with van der Waals surface area (Å²) in [6, 6.07) is 10.6. The Balaban J connectivity index is 1.41. The van der Waals surface area contributed by atoms with Crippen LogP contribution in [0.1, 0.15) is 42.4 Å². The van der Waals surface area contributed by atoms with Crippen LogP contribution in [0.2, 0.25) is 13.1 Å². The van der Waals surface area contributed by atoms with Gasteiger partial charge >= 0.3 is 6.09 Å². The first-order chi connectivity index (χ1) is 21.3. The molecule has 2 aliphatic rings. The second-order valence-corrected chi connectivity index (χ2v) is 16.5. The van der Waals surface area contributed by atoms with Crippen LogP contribution >= 0.6 is 0 Å². The summed E-state index contributed by atoms with van der Waals surface area (Å²) in [5.41, 5.74) is 5.58. The Kier molecular flexibility index (Phi) is 10.4. The van der Waals surface area contributed by atoms with Crippen molar-refractivity contribution < 1.29 is 23.9 Å². The average Bonchev–Trinajstić information content (AvgIpc) is 3.32. The van der Waals surface area contributed by atoms with Crippen LogP contribution in [-0.2, 0) is 19.1 Å². The van der Waals surface area contributed by atoms with E-state index in [0.29, 0.717) is 31.4 Å². The van der Waals surface area contributed by atoms with E-state index in [0.717, 1.165) is 33.0 Å². The van der Waals surface area contributed by atoms with Gasteiger partial charge in [-0.2, -0.15) is 4.99 Å². The highest BCUT2D eigenvalue weighted by Crippen LogP contribution is 2.29. The number of carbonyl (C=O) groups is 4. The summed E-state index contributed by atoms with van der Waals surface area (Å²) >= 11 is 0. The van der Waals surface area contributed by atoms with Crippen LogP contribution in [0.4, 0.5) is 16.2 Å². The number of hydrogen-bond acceptors (Lipinski definition) is 7. The molecule has 10 nitrogen and oxygen atoms in total. The van der Waals surface area contributed by atoms with Gasteiger partial charge in [0.15, 0.2) is 0 Å². The minimum Gasteiger partial charge on any atom is -0.448 e. The molecule has 0 spiro atoms. The van der Waals surface area contributed by atoms with E-state index in [-0.39, 0.29) is 37.4 Å². The molecule has 2 aliphatic heterocycles. The zero-order valence-corrected chi connectivity index (χ0v) is 28.1. The summed E-state index contributed by atoms with van der Waals surface area (Å²) in [7, 11) is 5.87. The van der Waals surface area contributed by atoms with Gasteiger partial charge in [-0.05, 0) is 59.5 Å². The minimum atomic E-state index is -2.20. The molecule has 238 valence electrons. The Labute approximate surface area is 266 Å². The van der Waals surface area contributed by atoms with E-state index in [1.165, 1.54) is 22.5 Å². The molecular weight excluding hydrogens is 586 g/mol. The summed E-state index contributed by atoms with van der Waals surface area (Å²) in [4.78, 5) is 58.2. The van der Waals surface area contributed by atoms with Crippen LogP contribution in [0, 0.1) is 0 Å². The van der Waals surface area contributed by atoms with Crippen LogP contribution in [-0.4, -0.2) is 90.4 Å². The number of rotatable bonds is 12. The number of ether oxygens (including phenoxy) is 1. The maximum atomic E-state index is 13.1. The largest absolute Gasteiger partial charge is 0.448 e. The first kappa shape index (κ1) is 33.4. The Hall–Kier alpha value is -4.51. The van der Waals surface area contributed by atoms with Gasteiger partial charge in [-0.25, -0.2) is 4.79 Å². The van der Waals surface area contributed by atoms with Gasteiger partial charge in [-0.3, -0.25) is 19.3 Å². The third-order valence-corrected chi connectivity index (χ3v) is 11.8.